The van der Waals surface area contributed by atoms with Crippen LogP contribution >= 0.6 is 0 Å². The third-order valence-corrected chi connectivity index (χ3v) is 1.76. The number of esters is 1. The van der Waals surface area contributed by atoms with Crippen molar-refractivity contribution in [2.45, 2.75) is 6.92 Å². The fourth-order valence-corrected chi connectivity index (χ4v) is 1.05. The van der Waals surface area contributed by atoms with Crippen molar-refractivity contribution < 1.29 is 23.5 Å². The highest BCUT2D eigenvalue weighted by molar-refractivity contribution is 5.76. The highest BCUT2D eigenvalue weighted by Crippen LogP contribution is 2.15. The summed E-state index contributed by atoms with van der Waals surface area (Å²) in [6, 6.07) is 3.66. The van der Waals surface area contributed by atoms with E-state index in [-0.39, 0.29) is 24.5 Å². The standard InChI is InChI=1S/C11H11FO4/c1-2-15-11(14)7-16-9-3-4-10(12)8(5-9)6-13/h3-6H,2,7H2,1H3. The number of ether oxygens (including phenoxy) is 2. The van der Waals surface area contributed by atoms with Gasteiger partial charge in [0.1, 0.15) is 11.6 Å². The topological polar surface area (TPSA) is 52.6 Å². The van der Waals surface area contributed by atoms with Crippen molar-refractivity contribution >= 4 is 12.3 Å². The summed E-state index contributed by atoms with van der Waals surface area (Å²) >= 11 is 0. The highest BCUT2D eigenvalue weighted by atomic mass is 19.1. The SMILES string of the molecule is CCOC(=O)COc1ccc(F)c(C=O)c1. The number of halogens is 1. The predicted molar refractivity (Wildman–Crippen MR) is 53.9 cm³/mol. The van der Waals surface area contributed by atoms with Crippen molar-refractivity contribution in [1.29, 1.82) is 0 Å². The second kappa shape index (κ2) is 5.85. The molecule has 5 heteroatoms. The molecule has 86 valence electrons. The lowest BCUT2D eigenvalue weighted by molar-refractivity contribution is -0.145. The molecule has 0 aromatic heterocycles. The lowest BCUT2D eigenvalue weighted by Gasteiger charge is -2.06. The van der Waals surface area contributed by atoms with Crippen LogP contribution in [0.25, 0.3) is 0 Å². The Morgan fingerprint density at radius 2 is 2.25 bits per heavy atom. The summed E-state index contributed by atoms with van der Waals surface area (Å²) in [5.41, 5.74) is -0.110. The summed E-state index contributed by atoms with van der Waals surface area (Å²) in [6.07, 6.45) is 0.382. The molecule has 0 saturated carbocycles. The lowest BCUT2D eigenvalue weighted by atomic mass is 10.2. The third kappa shape index (κ3) is 3.34. The van der Waals surface area contributed by atoms with Crippen LogP contribution in [0.1, 0.15) is 17.3 Å². The van der Waals surface area contributed by atoms with Gasteiger partial charge in [-0.25, -0.2) is 9.18 Å². The van der Waals surface area contributed by atoms with E-state index in [0.717, 1.165) is 6.07 Å². The smallest absolute Gasteiger partial charge is 0.344 e. The quantitative estimate of drug-likeness (QED) is 0.565. The van der Waals surface area contributed by atoms with Crippen LogP contribution in [-0.2, 0) is 9.53 Å². The second-order valence-corrected chi connectivity index (χ2v) is 2.89. The molecule has 0 saturated heterocycles. The van der Waals surface area contributed by atoms with Gasteiger partial charge in [0.2, 0.25) is 0 Å². The van der Waals surface area contributed by atoms with Crippen molar-refractivity contribution in [3.8, 4) is 5.75 Å². The first-order valence-corrected chi connectivity index (χ1v) is 4.70. The van der Waals surface area contributed by atoms with E-state index in [0.29, 0.717) is 6.29 Å². The molecule has 0 amide bonds. The van der Waals surface area contributed by atoms with Gasteiger partial charge in [0, 0.05) is 0 Å². The van der Waals surface area contributed by atoms with Crippen molar-refractivity contribution in [3.63, 3.8) is 0 Å². The maximum Gasteiger partial charge on any atom is 0.344 e. The first-order chi connectivity index (χ1) is 7.67. The Hall–Kier alpha value is -1.91. The number of hydrogen-bond acceptors (Lipinski definition) is 4. The van der Waals surface area contributed by atoms with Crippen molar-refractivity contribution in [1.82, 2.24) is 0 Å². The summed E-state index contributed by atoms with van der Waals surface area (Å²) in [5, 5.41) is 0. The van der Waals surface area contributed by atoms with Gasteiger partial charge < -0.3 is 9.47 Å². The number of carbonyl (C=O) groups is 2. The summed E-state index contributed by atoms with van der Waals surface area (Å²) in [5.74, 6) is -0.894. The molecular weight excluding hydrogens is 215 g/mol. The molecule has 0 bridgehead atoms. The monoisotopic (exact) mass is 226 g/mol. The molecule has 0 aliphatic carbocycles. The number of hydrogen-bond donors (Lipinski definition) is 0. The van der Waals surface area contributed by atoms with Gasteiger partial charge in [0.25, 0.3) is 0 Å². The zero-order valence-corrected chi connectivity index (χ0v) is 8.73. The van der Waals surface area contributed by atoms with Gasteiger partial charge in [-0.15, -0.1) is 0 Å². The summed E-state index contributed by atoms with van der Waals surface area (Å²) in [6.45, 7) is 1.68. The molecule has 0 fully saturated rings. The summed E-state index contributed by atoms with van der Waals surface area (Å²) < 4.78 is 22.6. The fraction of sp³-hybridized carbons (Fsp3) is 0.273. The lowest BCUT2D eigenvalue weighted by Crippen LogP contribution is -2.14. The zero-order chi connectivity index (χ0) is 12.0. The molecule has 0 spiro atoms. The Morgan fingerprint density at radius 3 is 2.88 bits per heavy atom. The average Bonchev–Trinajstić information content (AvgIpc) is 2.28. The molecule has 0 heterocycles. The third-order valence-electron chi connectivity index (χ3n) is 1.76. The molecular formula is C11H11FO4. The van der Waals surface area contributed by atoms with E-state index in [9.17, 15) is 14.0 Å². The van der Waals surface area contributed by atoms with Crippen molar-refractivity contribution in [2.75, 3.05) is 13.2 Å². The van der Waals surface area contributed by atoms with Crippen LogP contribution in [0.2, 0.25) is 0 Å². The Morgan fingerprint density at radius 1 is 1.50 bits per heavy atom. The first kappa shape index (κ1) is 12.2. The van der Waals surface area contributed by atoms with Crippen LogP contribution in [0.3, 0.4) is 0 Å². The van der Waals surface area contributed by atoms with Crippen LogP contribution in [0.15, 0.2) is 18.2 Å². The van der Waals surface area contributed by atoms with Crippen LogP contribution in [0.5, 0.6) is 5.75 Å². The molecule has 0 aliphatic rings. The van der Waals surface area contributed by atoms with E-state index in [1.165, 1.54) is 12.1 Å². The van der Waals surface area contributed by atoms with E-state index >= 15 is 0 Å². The zero-order valence-electron chi connectivity index (χ0n) is 8.73. The Kier molecular flexibility index (Phi) is 4.44. The Balaban J connectivity index is 2.61. The molecule has 1 rings (SSSR count). The number of aldehydes is 1. The van der Waals surface area contributed by atoms with Gasteiger partial charge in [-0.3, -0.25) is 4.79 Å². The molecule has 1 aromatic rings. The number of benzene rings is 1. The normalized spacial score (nSPS) is 9.62. The molecule has 4 nitrogen and oxygen atoms in total. The largest absolute Gasteiger partial charge is 0.482 e. The second-order valence-electron chi connectivity index (χ2n) is 2.89. The minimum Gasteiger partial charge on any atom is -0.482 e. The van der Waals surface area contributed by atoms with Gasteiger partial charge in [0.15, 0.2) is 12.9 Å². The van der Waals surface area contributed by atoms with E-state index in [1.807, 2.05) is 0 Å². The molecule has 1 aromatic carbocycles. The van der Waals surface area contributed by atoms with Crippen LogP contribution in [-0.4, -0.2) is 25.5 Å². The summed E-state index contributed by atoms with van der Waals surface area (Å²) in [4.78, 5) is 21.4. The van der Waals surface area contributed by atoms with E-state index in [1.54, 1.807) is 6.92 Å². The number of carbonyl (C=O) groups excluding carboxylic acids is 2. The van der Waals surface area contributed by atoms with E-state index < -0.39 is 11.8 Å². The number of rotatable bonds is 5. The van der Waals surface area contributed by atoms with Crippen LogP contribution in [0.4, 0.5) is 4.39 Å². The van der Waals surface area contributed by atoms with E-state index in [4.69, 9.17) is 4.74 Å². The first-order valence-electron chi connectivity index (χ1n) is 4.70. The van der Waals surface area contributed by atoms with E-state index in [2.05, 4.69) is 4.74 Å². The highest BCUT2D eigenvalue weighted by Gasteiger charge is 2.06. The van der Waals surface area contributed by atoms with Gasteiger partial charge in [-0.2, -0.15) is 0 Å². The van der Waals surface area contributed by atoms with Gasteiger partial charge in [0.05, 0.1) is 12.2 Å². The van der Waals surface area contributed by atoms with Gasteiger partial charge in [-0.1, -0.05) is 0 Å². The average molecular weight is 226 g/mol. The molecule has 0 aliphatic heterocycles. The van der Waals surface area contributed by atoms with Crippen LogP contribution < -0.4 is 4.74 Å². The Bertz CT molecular complexity index is 390. The maximum absolute atomic E-state index is 12.9. The van der Waals surface area contributed by atoms with Crippen molar-refractivity contribution in [2.24, 2.45) is 0 Å². The molecule has 16 heavy (non-hydrogen) atoms. The molecule has 0 radical (unpaired) electrons. The molecule has 0 unspecified atom stereocenters. The van der Waals surface area contributed by atoms with Crippen molar-refractivity contribution in [3.05, 3.63) is 29.6 Å². The van der Waals surface area contributed by atoms with Gasteiger partial charge in [-0.05, 0) is 25.1 Å². The van der Waals surface area contributed by atoms with Gasteiger partial charge >= 0.3 is 5.97 Å². The minimum absolute atomic E-state index is 0.110. The molecule has 0 N–H and O–H groups in total. The maximum atomic E-state index is 12.9. The van der Waals surface area contributed by atoms with Crippen LogP contribution in [0, 0.1) is 5.82 Å². The predicted octanol–water partition coefficient (Wildman–Crippen LogP) is 1.58. The fourth-order valence-electron chi connectivity index (χ4n) is 1.05. The summed E-state index contributed by atoms with van der Waals surface area (Å²) in [7, 11) is 0. The molecule has 0 atom stereocenters. The minimum atomic E-state index is -0.626. The Labute approximate surface area is 92.0 Å².